The molecule has 0 saturated heterocycles. The van der Waals surface area contributed by atoms with E-state index in [-0.39, 0.29) is 24.2 Å². The van der Waals surface area contributed by atoms with Gasteiger partial charge in [-0.25, -0.2) is 4.39 Å². The normalized spacial score (nSPS) is 12.2. The number of carbonyl (C=O) groups excluding carboxylic acids is 1. The maximum Gasteiger partial charge on any atom is 0.303 e. The van der Waals surface area contributed by atoms with Gasteiger partial charge in [0.1, 0.15) is 17.3 Å². The van der Waals surface area contributed by atoms with Crippen LogP contribution in [0.15, 0.2) is 66.7 Å². The summed E-state index contributed by atoms with van der Waals surface area (Å²) < 4.78 is 53.0. The number of hydrogen-bond acceptors (Lipinski definition) is 5. The van der Waals surface area contributed by atoms with Gasteiger partial charge in [-0.15, -0.1) is 0 Å². The van der Waals surface area contributed by atoms with E-state index in [0.29, 0.717) is 22.6 Å². The van der Waals surface area contributed by atoms with Crippen LogP contribution in [0, 0.1) is 5.82 Å². The molecule has 3 rings (SSSR count). The van der Waals surface area contributed by atoms with Crippen LogP contribution < -0.4 is 19.1 Å². The lowest BCUT2D eigenvalue weighted by molar-refractivity contribution is 0.0939. The summed E-state index contributed by atoms with van der Waals surface area (Å²) in [4.78, 5) is 12.9. The minimum Gasteiger partial charge on any atom is -0.497 e. The van der Waals surface area contributed by atoms with E-state index in [9.17, 15) is 17.6 Å². The van der Waals surface area contributed by atoms with E-state index >= 15 is 0 Å². The Morgan fingerprint density at radius 2 is 1.67 bits per heavy atom. The second-order valence-corrected chi connectivity index (χ2v) is 10.3. The van der Waals surface area contributed by atoms with Crippen LogP contribution in [0.2, 0.25) is 0 Å². The van der Waals surface area contributed by atoms with E-state index in [1.807, 2.05) is 6.92 Å². The molecule has 192 valence electrons. The molecule has 36 heavy (non-hydrogen) atoms. The Labute approximate surface area is 211 Å². The number of hydrogen-bond donors (Lipinski definition) is 1. The van der Waals surface area contributed by atoms with Crippen LogP contribution in [0.25, 0.3) is 0 Å². The van der Waals surface area contributed by atoms with Crippen molar-refractivity contribution in [2.45, 2.75) is 19.5 Å². The lowest BCUT2D eigenvalue weighted by atomic mass is 10.1. The highest BCUT2D eigenvalue weighted by Gasteiger charge is 2.27. The molecular formula is C26H30FN3O5S. The number of rotatable bonds is 10. The summed E-state index contributed by atoms with van der Waals surface area (Å²) in [5.74, 6) is 0.296. The first-order valence-electron chi connectivity index (χ1n) is 11.1. The second-order valence-electron chi connectivity index (χ2n) is 8.25. The van der Waals surface area contributed by atoms with E-state index in [2.05, 4.69) is 5.32 Å². The molecule has 0 saturated carbocycles. The number of methoxy groups -OCH3 is 2. The number of carbonyl (C=O) groups is 1. The zero-order chi connectivity index (χ0) is 26.5. The number of anilines is 1. The van der Waals surface area contributed by atoms with Gasteiger partial charge in [0.2, 0.25) is 0 Å². The van der Waals surface area contributed by atoms with Gasteiger partial charge in [0.05, 0.1) is 32.5 Å². The molecule has 0 aromatic heterocycles. The summed E-state index contributed by atoms with van der Waals surface area (Å²) in [5, 5.41) is 2.93. The summed E-state index contributed by atoms with van der Waals surface area (Å²) in [6.07, 6.45) is 0. The third-order valence-electron chi connectivity index (χ3n) is 5.65. The molecule has 10 heteroatoms. The van der Waals surface area contributed by atoms with Crippen LogP contribution in [0.3, 0.4) is 0 Å². The molecule has 0 spiro atoms. The molecule has 1 N–H and O–H groups in total. The first kappa shape index (κ1) is 27.0. The first-order chi connectivity index (χ1) is 17.1. The van der Waals surface area contributed by atoms with E-state index in [1.165, 1.54) is 32.3 Å². The predicted octanol–water partition coefficient (Wildman–Crippen LogP) is 4.15. The average molecular weight is 516 g/mol. The van der Waals surface area contributed by atoms with Crippen molar-refractivity contribution in [2.24, 2.45) is 0 Å². The molecule has 0 radical (unpaired) electrons. The third-order valence-corrected chi connectivity index (χ3v) is 7.46. The van der Waals surface area contributed by atoms with Crippen LogP contribution in [0.1, 0.15) is 34.5 Å². The van der Waals surface area contributed by atoms with Crippen LogP contribution in [-0.2, 0) is 16.8 Å². The van der Waals surface area contributed by atoms with E-state index in [0.717, 1.165) is 14.2 Å². The highest BCUT2D eigenvalue weighted by molar-refractivity contribution is 7.90. The Bertz CT molecular complexity index is 1310. The third kappa shape index (κ3) is 5.95. The van der Waals surface area contributed by atoms with E-state index < -0.39 is 16.0 Å². The maximum atomic E-state index is 14.5. The summed E-state index contributed by atoms with van der Waals surface area (Å²) in [6.45, 7) is 1.72. The number of ether oxygens (including phenoxy) is 2. The molecule has 0 bridgehead atoms. The monoisotopic (exact) mass is 515 g/mol. The molecule has 0 aliphatic rings. The fourth-order valence-corrected chi connectivity index (χ4v) is 4.71. The number of benzene rings is 3. The fraction of sp³-hybridized carbons (Fsp3) is 0.269. The lowest BCUT2D eigenvalue weighted by Gasteiger charge is -2.27. The topological polar surface area (TPSA) is 88.2 Å². The second kappa shape index (κ2) is 11.4. The van der Waals surface area contributed by atoms with Gasteiger partial charge in [-0.3, -0.25) is 9.10 Å². The van der Waals surface area contributed by atoms with Crippen molar-refractivity contribution in [3.63, 3.8) is 0 Å². The number of halogens is 1. The quantitative estimate of drug-likeness (QED) is 0.438. The van der Waals surface area contributed by atoms with Gasteiger partial charge in [-0.2, -0.15) is 12.7 Å². The van der Waals surface area contributed by atoms with Crippen molar-refractivity contribution in [2.75, 3.05) is 32.6 Å². The van der Waals surface area contributed by atoms with Crippen LogP contribution in [0.4, 0.5) is 10.1 Å². The van der Waals surface area contributed by atoms with Gasteiger partial charge in [-0.1, -0.05) is 24.3 Å². The molecule has 0 aliphatic heterocycles. The SMILES string of the molecule is COc1ccc(OC)c([C@H](C)NC(=O)c2ccc(CN(c3ccccc3F)S(=O)(=O)N(C)C)cc2)c1. The van der Waals surface area contributed by atoms with Crippen molar-refractivity contribution in [1.29, 1.82) is 0 Å². The Hall–Kier alpha value is -3.63. The van der Waals surface area contributed by atoms with Gasteiger partial charge in [0.15, 0.2) is 0 Å². The minimum atomic E-state index is -3.97. The molecule has 1 amide bonds. The fourth-order valence-electron chi connectivity index (χ4n) is 3.61. The Kier molecular flexibility index (Phi) is 8.54. The Morgan fingerprint density at radius 3 is 2.25 bits per heavy atom. The number of para-hydroxylation sites is 1. The van der Waals surface area contributed by atoms with Crippen LogP contribution in [0.5, 0.6) is 11.5 Å². The minimum absolute atomic E-state index is 0.0610. The molecule has 0 fully saturated rings. The van der Waals surface area contributed by atoms with Gasteiger partial charge in [0, 0.05) is 25.2 Å². The number of amides is 1. The Balaban J connectivity index is 1.80. The molecule has 0 heterocycles. The molecule has 0 aliphatic carbocycles. The standard InChI is InChI=1S/C26H30FN3O5S/c1-18(22-16-21(34-4)14-15-25(22)35-5)28-26(31)20-12-10-19(11-13-20)17-30(36(32,33)29(2)3)24-9-7-6-8-23(24)27/h6-16,18H,17H2,1-5H3,(H,28,31)/t18-/m0/s1. The highest BCUT2D eigenvalue weighted by atomic mass is 32.2. The summed E-state index contributed by atoms with van der Waals surface area (Å²) in [5.41, 5.74) is 1.67. The summed E-state index contributed by atoms with van der Waals surface area (Å²) in [7, 11) is 1.91. The molecule has 0 unspecified atom stereocenters. The molecular weight excluding hydrogens is 485 g/mol. The van der Waals surface area contributed by atoms with E-state index in [4.69, 9.17) is 9.47 Å². The van der Waals surface area contributed by atoms with E-state index in [1.54, 1.807) is 62.8 Å². The summed E-state index contributed by atoms with van der Waals surface area (Å²) in [6, 6.07) is 17.1. The van der Waals surface area contributed by atoms with Crippen molar-refractivity contribution >= 4 is 21.8 Å². The van der Waals surface area contributed by atoms with Crippen LogP contribution >= 0.6 is 0 Å². The van der Waals surface area contributed by atoms with Gasteiger partial charge in [0.25, 0.3) is 5.91 Å². The summed E-state index contributed by atoms with van der Waals surface area (Å²) >= 11 is 0. The molecule has 3 aromatic carbocycles. The Morgan fingerprint density at radius 1 is 1.00 bits per heavy atom. The van der Waals surface area contributed by atoms with Crippen molar-refractivity contribution < 1.29 is 27.1 Å². The number of nitrogens with one attached hydrogen (secondary N) is 1. The van der Waals surface area contributed by atoms with Gasteiger partial charge >= 0.3 is 10.2 Å². The van der Waals surface area contributed by atoms with Crippen molar-refractivity contribution in [3.05, 3.63) is 89.2 Å². The molecule has 3 aromatic rings. The van der Waals surface area contributed by atoms with Crippen molar-refractivity contribution in [3.8, 4) is 11.5 Å². The lowest BCUT2D eigenvalue weighted by Crippen LogP contribution is -2.40. The van der Waals surface area contributed by atoms with Crippen LogP contribution in [-0.4, -0.2) is 46.9 Å². The largest absolute Gasteiger partial charge is 0.497 e. The zero-order valence-electron chi connectivity index (χ0n) is 20.9. The van der Waals surface area contributed by atoms with Gasteiger partial charge < -0.3 is 14.8 Å². The smallest absolute Gasteiger partial charge is 0.303 e. The predicted molar refractivity (Wildman–Crippen MR) is 137 cm³/mol. The molecule has 8 nitrogen and oxygen atoms in total. The highest BCUT2D eigenvalue weighted by Crippen LogP contribution is 2.30. The van der Waals surface area contributed by atoms with Gasteiger partial charge in [-0.05, 0) is 55.0 Å². The first-order valence-corrected chi connectivity index (χ1v) is 12.5. The zero-order valence-corrected chi connectivity index (χ0v) is 21.7. The maximum absolute atomic E-state index is 14.5. The average Bonchev–Trinajstić information content (AvgIpc) is 2.87. The number of nitrogens with zero attached hydrogens (tertiary/aromatic N) is 2. The molecule has 1 atom stereocenters. The van der Waals surface area contributed by atoms with Crippen molar-refractivity contribution in [1.82, 2.24) is 9.62 Å².